The fourth-order valence-corrected chi connectivity index (χ4v) is 1.59. The quantitative estimate of drug-likeness (QED) is 0.815. The topological polar surface area (TPSA) is 30.7 Å². The summed E-state index contributed by atoms with van der Waals surface area (Å²) in [6.07, 6.45) is 4.69. The number of rotatable bonds is 2. The minimum absolute atomic E-state index is 0.0334. The van der Waals surface area contributed by atoms with Gasteiger partial charge in [0.1, 0.15) is 0 Å². The molecule has 0 aliphatic rings. The maximum absolute atomic E-state index is 12.4. The fourth-order valence-electron chi connectivity index (χ4n) is 1.59. The molecule has 0 unspecified atom stereocenters. The minimum Gasteiger partial charge on any atom is -0.264 e. The van der Waals surface area contributed by atoms with Gasteiger partial charge in [-0.3, -0.25) is 4.98 Å². The molecule has 96 valence electrons. The van der Waals surface area contributed by atoms with Gasteiger partial charge in [-0.05, 0) is 23.1 Å². The Bertz CT molecular complexity index is 541. The summed E-state index contributed by atoms with van der Waals surface area (Å²) in [6.45, 7) is 3.61. The average Bonchev–Trinajstić information content (AvgIpc) is 2.77. The summed E-state index contributed by atoms with van der Waals surface area (Å²) in [7, 11) is 0. The first kappa shape index (κ1) is 12.7. The Morgan fingerprint density at radius 2 is 1.94 bits per heavy atom. The van der Waals surface area contributed by atoms with E-state index >= 15 is 0 Å². The summed E-state index contributed by atoms with van der Waals surface area (Å²) in [4.78, 5) is 4.14. The maximum atomic E-state index is 12.4. The molecule has 0 radical (unpaired) electrons. The van der Waals surface area contributed by atoms with Crippen molar-refractivity contribution in [3.05, 3.63) is 36.3 Å². The van der Waals surface area contributed by atoms with Crippen LogP contribution in [0.1, 0.15) is 32.9 Å². The molecule has 0 atom stereocenters. The fraction of sp³-hybridized carbons (Fsp3) is 0.385. The van der Waals surface area contributed by atoms with Crippen molar-refractivity contribution >= 4 is 0 Å². The first-order chi connectivity index (χ1) is 8.38. The summed E-state index contributed by atoms with van der Waals surface area (Å²) in [5.74, 6) is 0. The van der Waals surface area contributed by atoms with E-state index in [0.717, 1.165) is 11.1 Å². The van der Waals surface area contributed by atoms with Gasteiger partial charge in [0.2, 0.25) is 0 Å². The molecule has 18 heavy (non-hydrogen) atoms. The zero-order chi connectivity index (χ0) is 13.3. The third kappa shape index (κ3) is 2.55. The van der Waals surface area contributed by atoms with Crippen molar-refractivity contribution < 1.29 is 8.78 Å². The zero-order valence-electron chi connectivity index (χ0n) is 10.6. The van der Waals surface area contributed by atoms with E-state index in [4.69, 9.17) is 0 Å². The lowest BCUT2D eigenvalue weighted by molar-refractivity contribution is 0.0568. The van der Waals surface area contributed by atoms with E-state index in [1.165, 1.54) is 6.20 Å². The first-order valence-corrected chi connectivity index (χ1v) is 5.67. The van der Waals surface area contributed by atoms with E-state index in [1.807, 2.05) is 6.07 Å². The molecule has 0 aliphatic carbocycles. The molecule has 0 aromatic carbocycles. The number of aromatic nitrogens is 3. The summed E-state index contributed by atoms with van der Waals surface area (Å²) in [6, 6.07) is 3.50. The van der Waals surface area contributed by atoms with Crippen molar-refractivity contribution in [1.82, 2.24) is 14.8 Å². The van der Waals surface area contributed by atoms with Gasteiger partial charge >= 0.3 is 6.55 Å². The number of alkyl halides is 2. The third-order valence-electron chi connectivity index (χ3n) is 2.71. The number of hydrogen-bond acceptors (Lipinski definition) is 2. The molecular formula is C13H15F2N3. The molecule has 0 saturated heterocycles. The van der Waals surface area contributed by atoms with Crippen molar-refractivity contribution in [2.75, 3.05) is 0 Å². The SMILES string of the molecule is CC(C)(C)c1cncc(-c2ccn(C(F)F)n2)c1. The molecule has 2 aromatic rings. The highest BCUT2D eigenvalue weighted by Gasteiger charge is 2.16. The third-order valence-corrected chi connectivity index (χ3v) is 2.71. The van der Waals surface area contributed by atoms with Crippen LogP contribution in [-0.2, 0) is 5.41 Å². The molecule has 0 amide bonds. The molecule has 2 heterocycles. The summed E-state index contributed by atoms with van der Waals surface area (Å²) in [5, 5.41) is 3.83. The van der Waals surface area contributed by atoms with E-state index < -0.39 is 6.55 Å². The molecule has 0 bridgehead atoms. The van der Waals surface area contributed by atoms with Gasteiger partial charge in [0, 0.05) is 24.2 Å². The van der Waals surface area contributed by atoms with Crippen LogP contribution in [0.25, 0.3) is 11.3 Å². The lowest BCUT2D eigenvalue weighted by Gasteiger charge is -2.18. The van der Waals surface area contributed by atoms with Crippen molar-refractivity contribution in [3.63, 3.8) is 0 Å². The van der Waals surface area contributed by atoms with Gasteiger partial charge in [-0.1, -0.05) is 20.8 Å². The van der Waals surface area contributed by atoms with E-state index in [0.29, 0.717) is 10.4 Å². The van der Waals surface area contributed by atoms with Gasteiger partial charge in [-0.15, -0.1) is 0 Å². The second-order valence-corrected chi connectivity index (χ2v) is 5.17. The highest BCUT2D eigenvalue weighted by atomic mass is 19.3. The van der Waals surface area contributed by atoms with Crippen LogP contribution in [0.3, 0.4) is 0 Å². The predicted octanol–water partition coefficient (Wildman–Crippen LogP) is 3.64. The summed E-state index contributed by atoms with van der Waals surface area (Å²) < 4.78 is 25.5. The van der Waals surface area contributed by atoms with Crippen LogP contribution in [-0.4, -0.2) is 14.8 Å². The second kappa shape index (κ2) is 4.48. The van der Waals surface area contributed by atoms with Crippen LogP contribution in [0.4, 0.5) is 8.78 Å². The van der Waals surface area contributed by atoms with Crippen LogP contribution >= 0.6 is 0 Å². The molecule has 5 heteroatoms. The molecule has 0 saturated carbocycles. The number of hydrogen-bond donors (Lipinski definition) is 0. The molecule has 0 aliphatic heterocycles. The highest BCUT2D eigenvalue weighted by molar-refractivity contribution is 5.58. The van der Waals surface area contributed by atoms with Crippen molar-refractivity contribution in [2.24, 2.45) is 0 Å². The minimum atomic E-state index is -2.61. The van der Waals surface area contributed by atoms with Gasteiger partial charge < -0.3 is 0 Å². The zero-order valence-corrected chi connectivity index (χ0v) is 10.6. The van der Waals surface area contributed by atoms with Gasteiger partial charge in [0.05, 0.1) is 5.69 Å². The Hall–Kier alpha value is -1.78. The number of pyridine rings is 1. The van der Waals surface area contributed by atoms with E-state index in [2.05, 4.69) is 30.9 Å². The van der Waals surface area contributed by atoms with Gasteiger partial charge in [-0.2, -0.15) is 13.9 Å². The Morgan fingerprint density at radius 3 is 2.50 bits per heavy atom. The lowest BCUT2D eigenvalue weighted by Crippen LogP contribution is -2.11. The first-order valence-electron chi connectivity index (χ1n) is 5.67. The van der Waals surface area contributed by atoms with Gasteiger partial charge in [-0.25, -0.2) is 4.68 Å². The van der Waals surface area contributed by atoms with E-state index in [-0.39, 0.29) is 5.41 Å². The van der Waals surface area contributed by atoms with Gasteiger partial charge in [0.15, 0.2) is 0 Å². The standard InChI is InChI=1S/C13H15F2N3/c1-13(2,3)10-6-9(7-16-8-10)11-4-5-18(17-11)12(14)15/h4-8,12H,1-3H3. The van der Waals surface area contributed by atoms with Crippen LogP contribution in [0.15, 0.2) is 30.7 Å². The average molecular weight is 251 g/mol. The molecule has 2 rings (SSSR count). The smallest absolute Gasteiger partial charge is 0.264 e. The van der Waals surface area contributed by atoms with Crippen LogP contribution in [0.5, 0.6) is 0 Å². The molecule has 2 aromatic heterocycles. The Balaban J connectivity index is 2.38. The monoisotopic (exact) mass is 251 g/mol. The summed E-state index contributed by atoms with van der Waals surface area (Å²) in [5.41, 5.74) is 2.27. The Morgan fingerprint density at radius 1 is 1.22 bits per heavy atom. The molecule has 0 fully saturated rings. The number of halogens is 2. The van der Waals surface area contributed by atoms with Crippen molar-refractivity contribution in [2.45, 2.75) is 32.7 Å². The highest BCUT2D eigenvalue weighted by Crippen LogP contribution is 2.26. The Labute approximate surface area is 104 Å². The predicted molar refractivity (Wildman–Crippen MR) is 65.4 cm³/mol. The van der Waals surface area contributed by atoms with E-state index in [9.17, 15) is 8.78 Å². The molecule has 0 N–H and O–H groups in total. The lowest BCUT2D eigenvalue weighted by atomic mass is 9.87. The number of nitrogens with zero attached hydrogens (tertiary/aromatic N) is 3. The Kier molecular flexibility index (Phi) is 3.15. The largest absolute Gasteiger partial charge is 0.333 e. The molecule has 3 nitrogen and oxygen atoms in total. The van der Waals surface area contributed by atoms with Crippen LogP contribution in [0, 0.1) is 0 Å². The van der Waals surface area contributed by atoms with Crippen LogP contribution in [0.2, 0.25) is 0 Å². The van der Waals surface area contributed by atoms with Crippen molar-refractivity contribution in [3.8, 4) is 11.3 Å². The molecule has 0 spiro atoms. The summed E-state index contributed by atoms with van der Waals surface area (Å²) >= 11 is 0. The second-order valence-electron chi connectivity index (χ2n) is 5.17. The van der Waals surface area contributed by atoms with Gasteiger partial charge in [0.25, 0.3) is 0 Å². The van der Waals surface area contributed by atoms with E-state index in [1.54, 1.807) is 18.5 Å². The van der Waals surface area contributed by atoms with Crippen LogP contribution < -0.4 is 0 Å². The molecular weight excluding hydrogens is 236 g/mol. The normalized spacial score (nSPS) is 12.1. The maximum Gasteiger partial charge on any atom is 0.333 e. The van der Waals surface area contributed by atoms with Crippen molar-refractivity contribution in [1.29, 1.82) is 0 Å².